The number of anilines is 1. The van der Waals surface area contributed by atoms with Crippen molar-refractivity contribution in [3.05, 3.63) is 65.0 Å². The van der Waals surface area contributed by atoms with Gasteiger partial charge in [0.15, 0.2) is 0 Å². The van der Waals surface area contributed by atoms with Gasteiger partial charge in [-0.2, -0.15) is 0 Å². The van der Waals surface area contributed by atoms with Crippen molar-refractivity contribution in [3.63, 3.8) is 0 Å². The van der Waals surface area contributed by atoms with Gasteiger partial charge in [-0.15, -0.1) is 0 Å². The highest BCUT2D eigenvalue weighted by Crippen LogP contribution is 2.36. The van der Waals surface area contributed by atoms with E-state index in [0.717, 1.165) is 22.4 Å². The van der Waals surface area contributed by atoms with E-state index in [2.05, 4.69) is 5.32 Å². The maximum absolute atomic E-state index is 12.9. The van der Waals surface area contributed by atoms with Crippen LogP contribution in [0.25, 0.3) is 5.57 Å². The number of benzene rings is 2. The van der Waals surface area contributed by atoms with Crippen LogP contribution in [0, 0.1) is 5.82 Å². The molecule has 0 aromatic heterocycles. The number of allylic oxidation sites excluding steroid dienone is 1. The lowest BCUT2D eigenvalue weighted by molar-refractivity contribution is -0.110. The molecule has 0 aliphatic carbocycles. The molecule has 0 bridgehead atoms. The van der Waals surface area contributed by atoms with Crippen molar-refractivity contribution in [1.29, 1.82) is 0 Å². The van der Waals surface area contributed by atoms with Gasteiger partial charge in [0.2, 0.25) is 0 Å². The zero-order valence-electron chi connectivity index (χ0n) is 12.4. The average Bonchev–Trinajstić information content (AvgIpc) is 2.82. The molecule has 112 valence electrons. The van der Waals surface area contributed by atoms with Crippen LogP contribution >= 0.6 is 0 Å². The highest BCUT2D eigenvalue weighted by atomic mass is 19.1. The fourth-order valence-corrected chi connectivity index (χ4v) is 2.48. The first kappa shape index (κ1) is 14.3. The number of amides is 1. The highest BCUT2D eigenvalue weighted by Gasteiger charge is 2.25. The monoisotopic (exact) mass is 297 g/mol. The quantitative estimate of drug-likeness (QED) is 0.864. The molecule has 0 atom stereocenters. The Bertz CT molecular complexity index is 759. The van der Waals surface area contributed by atoms with E-state index in [9.17, 15) is 9.18 Å². The second kappa shape index (κ2) is 5.64. The van der Waals surface area contributed by atoms with Crippen LogP contribution in [0.3, 0.4) is 0 Å². The third kappa shape index (κ3) is 2.72. The molecule has 1 amide bonds. The fraction of sp³-hybridized carbons (Fsp3) is 0.167. The molecule has 0 unspecified atom stereocenters. The number of nitrogens with one attached hydrogen (secondary N) is 1. The topological polar surface area (TPSA) is 38.3 Å². The Morgan fingerprint density at radius 3 is 2.55 bits per heavy atom. The maximum Gasteiger partial charge on any atom is 0.256 e. The predicted molar refractivity (Wildman–Crippen MR) is 84.1 cm³/mol. The summed E-state index contributed by atoms with van der Waals surface area (Å²) in [5.74, 6) is 0.336. The molecule has 4 heteroatoms. The van der Waals surface area contributed by atoms with E-state index in [0.29, 0.717) is 17.9 Å². The third-order valence-corrected chi connectivity index (χ3v) is 3.55. The summed E-state index contributed by atoms with van der Waals surface area (Å²) < 4.78 is 18.6. The zero-order valence-corrected chi connectivity index (χ0v) is 12.4. The molecule has 0 spiro atoms. The van der Waals surface area contributed by atoms with Gasteiger partial charge in [-0.1, -0.05) is 17.7 Å². The van der Waals surface area contributed by atoms with Crippen molar-refractivity contribution in [2.75, 3.05) is 5.32 Å². The first-order chi connectivity index (χ1) is 10.5. The smallest absolute Gasteiger partial charge is 0.256 e. The van der Waals surface area contributed by atoms with Crippen LogP contribution in [0.5, 0.6) is 5.75 Å². The standard InChI is InChI=1S/C18H16FNO2/c1-11(2)17-15-9-14(7-8-16(15)20-18(17)21)22-10-12-3-5-13(19)6-4-12/h3-9H,10H2,1-2H3,(H,20,21). The van der Waals surface area contributed by atoms with Crippen LogP contribution in [0.15, 0.2) is 48.0 Å². The van der Waals surface area contributed by atoms with Crippen molar-refractivity contribution >= 4 is 17.2 Å². The third-order valence-electron chi connectivity index (χ3n) is 3.55. The number of hydrogen-bond donors (Lipinski definition) is 1. The molecule has 3 nitrogen and oxygen atoms in total. The molecule has 3 rings (SSSR count). The van der Waals surface area contributed by atoms with E-state index in [1.807, 2.05) is 32.0 Å². The maximum atomic E-state index is 12.9. The fourth-order valence-electron chi connectivity index (χ4n) is 2.48. The summed E-state index contributed by atoms with van der Waals surface area (Å²) in [6.45, 7) is 4.18. The van der Waals surface area contributed by atoms with Crippen LogP contribution in [0.2, 0.25) is 0 Å². The molecule has 1 heterocycles. The molecule has 1 aliphatic rings. The first-order valence-electron chi connectivity index (χ1n) is 7.05. The van der Waals surface area contributed by atoms with Gasteiger partial charge in [0.25, 0.3) is 5.91 Å². The Morgan fingerprint density at radius 2 is 1.86 bits per heavy atom. The van der Waals surface area contributed by atoms with Crippen LogP contribution in [-0.2, 0) is 11.4 Å². The largest absolute Gasteiger partial charge is 0.489 e. The van der Waals surface area contributed by atoms with E-state index in [-0.39, 0.29) is 11.7 Å². The van der Waals surface area contributed by atoms with Crippen LogP contribution in [0.4, 0.5) is 10.1 Å². The number of rotatable bonds is 3. The molecule has 2 aromatic carbocycles. The first-order valence-corrected chi connectivity index (χ1v) is 7.05. The Hall–Kier alpha value is -2.62. The van der Waals surface area contributed by atoms with Crippen LogP contribution in [-0.4, -0.2) is 5.91 Å². The number of carbonyl (C=O) groups excluding carboxylic acids is 1. The van der Waals surface area contributed by atoms with Crippen LogP contribution in [0.1, 0.15) is 25.0 Å². The average molecular weight is 297 g/mol. The van der Waals surface area contributed by atoms with E-state index < -0.39 is 0 Å². The number of ether oxygens (including phenoxy) is 1. The minimum atomic E-state index is -0.265. The second-order valence-electron chi connectivity index (χ2n) is 5.45. The van der Waals surface area contributed by atoms with Crippen LogP contribution < -0.4 is 10.1 Å². The normalized spacial score (nSPS) is 12.9. The second-order valence-corrected chi connectivity index (χ2v) is 5.45. The van der Waals surface area contributed by atoms with Gasteiger partial charge in [-0.25, -0.2) is 4.39 Å². The molecule has 0 fully saturated rings. The molecule has 1 N–H and O–H groups in total. The van der Waals surface area contributed by atoms with Crippen molar-refractivity contribution in [1.82, 2.24) is 0 Å². The molecular formula is C18H16FNO2. The van der Waals surface area contributed by atoms with Gasteiger partial charge in [-0.3, -0.25) is 4.79 Å². The van der Waals surface area contributed by atoms with E-state index in [1.165, 1.54) is 12.1 Å². The summed E-state index contributed by atoms with van der Waals surface area (Å²) in [5.41, 5.74) is 4.21. The Labute approximate surface area is 128 Å². The van der Waals surface area contributed by atoms with Gasteiger partial charge in [0, 0.05) is 16.8 Å². The Kier molecular flexibility index (Phi) is 3.67. The van der Waals surface area contributed by atoms with Crippen molar-refractivity contribution in [3.8, 4) is 5.75 Å². The number of carbonyl (C=O) groups is 1. The molecule has 22 heavy (non-hydrogen) atoms. The SMILES string of the molecule is CC(C)=C1C(=O)Nc2ccc(OCc3ccc(F)cc3)cc21. The van der Waals surface area contributed by atoms with E-state index in [1.54, 1.807) is 12.1 Å². The summed E-state index contributed by atoms with van der Waals surface area (Å²) >= 11 is 0. The van der Waals surface area contributed by atoms with Gasteiger partial charge < -0.3 is 10.1 Å². The highest BCUT2D eigenvalue weighted by molar-refractivity contribution is 6.32. The summed E-state index contributed by atoms with van der Waals surface area (Å²) in [6.07, 6.45) is 0. The van der Waals surface area contributed by atoms with Gasteiger partial charge in [-0.05, 0) is 49.7 Å². The lowest BCUT2D eigenvalue weighted by Gasteiger charge is -2.08. The van der Waals surface area contributed by atoms with Crippen molar-refractivity contribution < 1.29 is 13.9 Å². The summed E-state index contributed by atoms with van der Waals surface area (Å²) in [4.78, 5) is 11.9. The van der Waals surface area contributed by atoms with E-state index >= 15 is 0 Å². The number of hydrogen-bond acceptors (Lipinski definition) is 2. The molecule has 1 aliphatic heterocycles. The summed E-state index contributed by atoms with van der Waals surface area (Å²) in [6, 6.07) is 11.7. The molecule has 0 radical (unpaired) electrons. The molecular weight excluding hydrogens is 281 g/mol. The van der Waals surface area contributed by atoms with Gasteiger partial charge in [0.05, 0.1) is 0 Å². The Balaban J connectivity index is 1.81. The number of halogens is 1. The minimum Gasteiger partial charge on any atom is -0.489 e. The van der Waals surface area contributed by atoms with Gasteiger partial charge >= 0.3 is 0 Å². The lowest BCUT2D eigenvalue weighted by Crippen LogP contribution is -2.04. The van der Waals surface area contributed by atoms with Gasteiger partial charge in [0.1, 0.15) is 18.2 Å². The van der Waals surface area contributed by atoms with E-state index in [4.69, 9.17) is 4.74 Å². The minimum absolute atomic E-state index is 0.0781. The zero-order chi connectivity index (χ0) is 15.7. The lowest BCUT2D eigenvalue weighted by atomic mass is 10.0. The van der Waals surface area contributed by atoms with Crippen molar-refractivity contribution in [2.45, 2.75) is 20.5 Å². The number of fused-ring (bicyclic) bond motifs is 1. The summed E-state index contributed by atoms with van der Waals surface area (Å²) in [5, 5.41) is 2.84. The summed E-state index contributed by atoms with van der Waals surface area (Å²) in [7, 11) is 0. The van der Waals surface area contributed by atoms with Crippen molar-refractivity contribution in [2.24, 2.45) is 0 Å². The predicted octanol–water partition coefficient (Wildman–Crippen LogP) is 4.15. The molecule has 0 saturated heterocycles. The molecule has 2 aromatic rings. The Morgan fingerprint density at radius 1 is 1.14 bits per heavy atom. The molecule has 0 saturated carbocycles.